The van der Waals surface area contributed by atoms with E-state index in [9.17, 15) is 13.2 Å². The smallest absolute Gasteiger partial charge is 0.263 e. The third-order valence-electron chi connectivity index (χ3n) is 3.56. The van der Waals surface area contributed by atoms with Gasteiger partial charge in [0.25, 0.3) is 10.0 Å². The van der Waals surface area contributed by atoms with E-state index in [0.29, 0.717) is 12.2 Å². The van der Waals surface area contributed by atoms with Crippen molar-refractivity contribution >= 4 is 27.3 Å². The van der Waals surface area contributed by atoms with Crippen molar-refractivity contribution in [1.29, 1.82) is 0 Å². The van der Waals surface area contributed by atoms with Gasteiger partial charge in [0, 0.05) is 31.5 Å². The second-order valence-corrected chi connectivity index (χ2v) is 6.74. The van der Waals surface area contributed by atoms with Gasteiger partial charge in [-0.05, 0) is 36.2 Å². The number of sulfonamides is 1. The van der Waals surface area contributed by atoms with Gasteiger partial charge < -0.3 is 4.90 Å². The summed E-state index contributed by atoms with van der Waals surface area (Å²) in [5, 5.41) is 0. The third kappa shape index (κ3) is 2.67. The fourth-order valence-electron chi connectivity index (χ4n) is 2.49. The molecule has 0 bridgehead atoms. The molecule has 0 saturated heterocycles. The highest BCUT2D eigenvalue weighted by atomic mass is 32.2. The van der Waals surface area contributed by atoms with Crippen molar-refractivity contribution in [1.82, 2.24) is 4.98 Å². The molecule has 0 atom stereocenters. The van der Waals surface area contributed by atoms with Crippen LogP contribution in [0.5, 0.6) is 0 Å². The standard InChI is InChI=1S/C15H15N3O3S/c1-11(19)18-8-6-12-4-5-13(9-15(12)18)17-22(20,21)14-3-2-7-16-10-14/h2-5,7,9-10,17H,6,8H2,1H3. The first-order valence-corrected chi connectivity index (χ1v) is 8.29. The normalized spacial score (nSPS) is 13.8. The highest BCUT2D eigenvalue weighted by Crippen LogP contribution is 2.31. The van der Waals surface area contributed by atoms with Crippen LogP contribution in [0.4, 0.5) is 11.4 Å². The van der Waals surface area contributed by atoms with Crippen molar-refractivity contribution in [3.63, 3.8) is 0 Å². The quantitative estimate of drug-likeness (QED) is 0.936. The summed E-state index contributed by atoms with van der Waals surface area (Å²) in [4.78, 5) is 17.2. The van der Waals surface area contributed by atoms with Gasteiger partial charge in [0.05, 0.1) is 5.69 Å². The molecule has 1 amide bonds. The lowest BCUT2D eigenvalue weighted by Crippen LogP contribution is -2.25. The van der Waals surface area contributed by atoms with Gasteiger partial charge in [-0.3, -0.25) is 14.5 Å². The molecule has 6 nitrogen and oxygen atoms in total. The van der Waals surface area contributed by atoms with E-state index in [2.05, 4.69) is 9.71 Å². The number of amides is 1. The molecular weight excluding hydrogens is 302 g/mol. The average Bonchev–Trinajstić information content (AvgIpc) is 2.91. The molecule has 1 aromatic carbocycles. The fraction of sp³-hybridized carbons (Fsp3) is 0.200. The first kappa shape index (κ1) is 14.5. The van der Waals surface area contributed by atoms with Gasteiger partial charge in [-0.1, -0.05) is 6.07 Å². The van der Waals surface area contributed by atoms with E-state index in [1.165, 1.54) is 25.4 Å². The molecule has 0 fully saturated rings. The molecule has 1 aliphatic heterocycles. The summed E-state index contributed by atoms with van der Waals surface area (Å²) in [6.07, 6.45) is 3.58. The summed E-state index contributed by atoms with van der Waals surface area (Å²) in [5.74, 6) is -0.0500. The van der Waals surface area contributed by atoms with E-state index in [-0.39, 0.29) is 10.8 Å². The molecule has 114 valence electrons. The highest BCUT2D eigenvalue weighted by Gasteiger charge is 2.23. The van der Waals surface area contributed by atoms with Crippen LogP contribution in [-0.4, -0.2) is 25.9 Å². The fourth-order valence-corrected chi connectivity index (χ4v) is 3.50. The lowest BCUT2D eigenvalue weighted by molar-refractivity contribution is -0.116. The van der Waals surface area contributed by atoms with Crippen molar-refractivity contribution in [3.05, 3.63) is 48.3 Å². The Balaban J connectivity index is 1.92. The van der Waals surface area contributed by atoms with Crippen LogP contribution in [0, 0.1) is 0 Å². The van der Waals surface area contributed by atoms with Crippen LogP contribution in [0.2, 0.25) is 0 Å². The summed E-state index contributed by atoms with van der Waals surface area (Å²) < 4.78 is 27.1. The van der Waals surface area contributed by atoms with Crippen LogP contribution < -0.4 is 9.62 Å². The molecule has 2 aromatic rings. The maximum atomic E-state index is 12.3. The number of pyridine rings is 1. The van der Waals surface area contributed by atoms with E-state index < -0.39 is 10.0 Å². The Morgan fingerprint density at radius 1 is 1.32 bits per heavy atom. The Bertz CT molecular complexity index is 819. The number of anilines is 2. The predicted octanol–water partition coefficient (Wildman–Crippen LogP) is 1.79. The van der Waals surface area contributed by atoms with Gasteiger partial charge in [0.15, 0.2) is 0 Å². The zero-order valence-electron chi connectivity index (χ0n) is 12.0. The topological polar surface area (TPSA) is 79.4 Å². The summed E-state index contributed by atoms with van der Waals surface area (Å²) in [7, 11) is -3.68. The molecule has 3 rings (SSSR count). The summed E-state index contributed by atoms with van der Waals surface area (Å²) in [6, 6.07) is 8.28. The molecule has 1 aliphatic rings. The molecule has 1 aromatic heterocycles. The monoisotopic (exact) mass is 317 g/mol. The van der Waals surface area contributed by atoms with Crippen molar-refractivity contribution < 1.29 is 13.2 Å². The van der Waals surface area contributed by atoms with Crippen LogP contribution >= 0.6 is 0 Å². The van der Waals surface area contributed by atoms with Crippen LogP contribution in [0.1, 0.15) is 12.5 Å². The Kier molecular flexibility index (Phi) is 3.58. The van der Waals surface area contributed by atoms with Crippen LogP contribution in [0.3, 0.4) is 0 Å². The molecule has 2 heterocycles. The van der Waals surface area contributed by atoms with E-state index in [4.69, 9.17) is 0 Å². The van der Waals surface area contributed by atoms with E-state index >= 15 is 0 Å². The number of rotatable bonds is 3. The van der Waals surface area contributed by atoms with Crippen LogP contribution in [0.15, 0.2) is 47.6 Å². The van der Waals surface area contributed by atoms with E-state index in [0.717, 1.165) is 17.7 Å². The summed E-state index contributed by atoms with van der Waals surface area (Å²) in [6.45, 7) is 2.13. The van der Waals surface area contributed by atoms with Crippen molar-refractivity contribution in [2.24, 2.45) is 0 Å². The number of benzene rings is 1. The minimum Gasteiger partial charge on any atom is -0.312 e. The number of carbonyl (C=O) groups excluding carboxylic acids is 1. The van der Waals surface area contributed by atoms with E-state index in [1.54, 1.807) is 23.1 Å². The van der Waals surface area contributed by atoms with Crippen molar-refractivity contribution in [2.45, 2.75) is 18.2 Å². The van der Waals surface area contributed by atoms with E-state index in [1.807, 2.05) is 6.07 Å². The lowest BCUT2D eigenvalue weighted by atomic mass is 10.1. The maximum Gasteiger partial charge on any atom is 0.263 e. The van der Waals surface area contributed by atoms with Gasteiger partial charge in [-0.2, -0.15) is 0 Å². The Morgan fingerprint density at radius 3 is 2.82 bits per heavy atom. The molecule has 0 spiro atoms. The average molecular weight is 317 g/mol. The second kappa shape index (κ2) is 5.42. The minimum atomic E-state index is -3.68. The van der Waals surface area contributed by atoms with Crippen molar-refractivity contribution in [3.8, 4) is 0 Å². The van der Waals surface area contributed by atoms with Gasteiger partial charge in [0.1, 0.15) is 4.90 Å². The molecule has 1 N–H and O–H groups in total. The maximum absolute atomic E-state index is 12.3. The third-order valence-corrected chi connectivity index (χ3v) is 4.92. The molecule has 0 unspecified atom stereocenters. The SMILES string of the molecule is CC(=O)N1CCc2ccc(NS(=O)(=O)c3cccnc3)cc21. The molecule has 7 heteroatoms. The molecule has 0 radical (unpaired) electrons. The van der Waals surface area contributed by atoms with Crippen LogP contribution in [-0.2, 0) is 21.2 Å². The number of hydrogen-bond acceptors (Lipinski definition) is 4. The van der Waals surface area contributed by atoms with Gasteiger partial charge in [-0.15, -0.1) is 0 Å². The zero-order chi connectivity index (χ0) is 15.7. The second-order valence-electron chi connectivity index (χ2n) is 5.06. The molecular formula is C15H15N3O3S. The largest absolute Gasteiger partial charge is 0.312 e. The Hall–Kier alpha value is -2.41. The number of nitrogens with zero attached hydrogens (tertiary/aromatic N) is 2. The number of fused-ring (bicyclic) bond motifs is 1. The van der Waals surface area contributed by atoms with Gasteiger partial charge in [0.2, 0.25) is 5.91 Å². The summed E-state index contributed by atoms with van der Waals surface area (Å²) >= 11 is 0. The first-order valence-electron chi connectivity index (χ1n) is 6.81. The molecule has 0 saturated carbocycles. The highest BCUT2D eigenvalue weighted by molar-refractivity contribution is 7.92. The molecule has 0 aliphatic carbocycles. The molecule has 22 heavy (non-hydrogen) atoms. The predicted molar refractivity (Wildman–Crippen MR) is 83.2 cm³/mol. The number of aromatic nitrogens is 1. The van der Waals surface area contributed by atoms with Crippen LogP contribution in [0.25, 0.3) is 0 Å². The van der Waals surface area contributed by atoms with Crippen molar-refractivity contribution in [2.75, 3.05) is 16.2 Å². The van der Waals surface area contributed by atoms with Gasteiger partial charge in [-0.25, -0.2) is 8.42 Å². The summed E-state index contributed by atoms with van der Waals surface area (Å²) in [5.41, 5.74) is 2.23. The Morgan fingerprint density at radius 2 is 2.14 bits per heavy atom. The van der Waals surface area contributed by atoms with Gasteiger partial charge >= 0.3 is 0 Å². The Labute approximate surface area is 128 Å². The number of carbonyl (C=O) groups is 1. The number of hydrogen-bond donors (Lipinski definition) is 1. The lowest BCUT2D eigenvalue weighted by Gasteiger charge is -2.16. The first-order chi connectivity index (χ1) is 10.5. The minimum absolute atomic E-state index is 0.0500. The number of nitrogens with one attached hydrogen (secondary N) is 1. The zero-order valence-corrected chi connectivity index (χ0v) is 12.8.